The van der Waals surface area contributed by atoms with Crippen LogP contribution in [0.4, 0.5) is 0 Å². The molecule has 1 fully saturated rings. The van der Waals surface area contributed by atoms with E-state index >= 15 is 0 Å². The summed E-state index contributed by atoms with van der Waals surface area (Å²) in [5, 5.41) is 3.26. The molecule has 0 radical (unpaired) electrons. The summed E-state index contributed by atoms with van der Waals surface area (Å²) in [4.78, 5) is 10.8. The number of hydrogen-bond acceptors (Lipinski definition) is 3. The van der Waals surface area contributed by atoms with Gasteiger partial charge in [0.2, 0.25) is 5.91 Å². The molecule has 0 aromatic carbocycles. The third-order valence-corrected chi connectivity index (χ3v) is 2.72. The molecule has 10 heavy (non-hydrogen) atoms. The van der Waals surface area contributed by atoms with Crippen molar-refractivity contribution in [2.24, 2.45) is 5.73 Å². The average Bonchev–Trinajstić information content (AvgIpc) is 1.95. The molecule has 2 atom stereocenters. The first-order chi connectivity index (χ1) is 4.74. The first-order valence-electron chi connectivity index (χ1n) is 3.30. The molecule has 0 aliphatic carbocycles. The summed E-state index contributed by atoms with van der Waals surface area (Å²) < 4.78 is 0. The van der Waals surface area contributed by atoms with Crippen LogP contribution in [0.3, 0.4) is 0 Å². The van der Waals surface area contributed by atoms with Crippen LogP contribution in [0.5, 0.6) is 0 Å². The van der Waals surface area contributed by atoms with Gasteiger partial charge in [-0.15, -0.1) is 0 Å². The lowest BCUT2D eigenvalue weighted by Crippen LogP contribution is -2.50. The molecule has 1 heterocycles. The van der Waals surface area contributed by atoms with Gasteiger partial charge in [0, 0.05) is 11.8 Å². The van der Waals surface area contributed by atoms with E-state index in [9.17, 15) is 4.79 Å². The van der Waals surface area contributed by atoms with Crippen molar-refractivity contribution in [2.45, 2.75) is 17.7 Å². The minimum Gasteiger partial charge on any atom is -0.354 e. The molecule has 0 bridgehead atoms. The zero-order chi connectivity index (χ0) is 7.56. The van der Waals surface area contributed by atoms with Crippen LogP contribution in [0.15, 0.2) is 0 Å². The van der Waals surface area contributed by atoms with Crippen LogP contribution in [-0.2, 0) is 4.79 Å². The molecule has 4 heteroatoms. The predicted octanol–water partition coefficient (Wildman–Crippen LogP) is -0.435. The smallest absolute Gasteiger partial charge is 0.236 e. The van der Waals surface area contributed by atoms with E-state index in [2.05, 4.69) is 5.32 Å². The Hall–Kier alpha value is -0.220. The first kappa shape index (κ1) is 7.88. The third kappa shape index (κ3) is 1.64. The summed E-state index contributed by atoms with van der Waals surface area (Å²) in [6.45, 7) is 0.772. The van der Waals surface area contributed by atoms with E-state index in [0.717, 1.165) is 13.0 Å². The van der Waals surface area contributed by atoms with Crippen LogP contribution >= 0.6 is 11.8 Å². The Kier molecular flexibility index (Phi) is 2.56. The van der Waals surface area contributed by atoms with Gasteiger partial charge < -0.3 is 11.1 Å². The average molecular weight is 160 g/mol. The van der Waals surface area contributed by atoms with Gasteiger partial charge >= 0.3 is 0 Å². The molecule has 1 saturated heterocycles. The first-order valence-corrected chi connectivity index (χ1v) is 4.59. The van der Waals surface area contributed by atoms with E-state index in [1.807, 2.05) is 6.26 Å². The van der Waals surface area contributed by atoms with E-state index < -0.39 is 0 Å². The Bertz CT molecular complexity index is 140. The monoisotopic (exact) mass is 160 g/mol. The Morgan fingerprint density at radius 1 is 1.80 bits per heavy atom. The van der Waals surface area contributed by atoms with Gasteiger partial charge in [-0.1, -0.05) is 0 Å². The molecule has 3 N–H and O–H groups in total. The zero-order valence-electron chi connectivity index (χ0n) is 5.96. The predicted molar refractivity (Wildman–Crippen MR) is 42.9 cm³/mol. The molecule has 1 amide bonds. The Morgan fingerprint density at radius 3 is 3.00 bits per heavy atom. The lowest BCUT2D eigenvalue weighted by atomic mass is 10.1. The maximum absolute atomic E-state index is 10.8. The molecular weight excluding hydrogens is 148 g/mol. The maximum Gasteiger partial charge on any atom is 0.236 e. The number of amides is 1. The summed E-state index contributed by atoms with van der Waals surface area (Å²) in [7, 11) is 0. The highest BCUT2D eigenvalue weighted by Crippen LogP contribution is 2.14. The number of carbonyl (C=O) groups is 1. The molecular formula is C6H12N2OS. The second kappa shape index (κ2) is 3.25. The summed E-state index contributed by atoms with van der Waals surface area (Å²) >= 11 is 1.76. The minimum absolute atomic E-state index is 0.00898. The largest absolute Gasteiger partial charge is 0.354 e. The summed E-state index contributed by atoms with van der Waals surface area (Å²) in [6, 6.07) is -0.286. The number of rotatable bonds is 1. The van der Waals surface area contributed by atoms with Gasteiger partial charge in [0.05, 0.1) is 6.04 Å². The van der Waals surface area contributed by atoms with Gasteiger partial charge in [0.1, 0.15) is 0 Å². The molecule has 1 aliphatic rings. The van der Waals surface area contributed by atoms with E-state index in [-0.39, 0.29) is 11.9 Å². The van der Waals surface area contributed by atoms with Crippen molar-refractivity contribution in [3.05, 3.63) is 0 Å². The molecule has 2 unspecified atom stereocenters. The van der Waals surface area contributed by atoms with Crippen molar-refractivity contribution in [2.75, 3.05) is 12.8 Å². The molecule has 0 spiro atoms. The molecule has 3 nitrogen and oxygen atoms in total. The highest BCUT2D eigenvalue weighted by Gasteiger charge is 2.24. The molecule has 1 aliphatic heterocycles. The van der Waals surface area contributed by atoms with E-state index in [4.69, 9.17) is 5.73 Å². The fourth-order valence-electron chi connectivity index (χ4n) is 0.999. The van der Waals surface area contributed by atoms with E-state index in [1.165, 1.54) is 0 Å². The highest BCUT2D eigenvalue weighted by atomic mass is 32.2. The van der Waals surface area contributed by atoms with E-state index in [1.54, 1.807) is 11.8 Å². The Balaban J connectivity index is 2.40. The van der Waals surface area contributed by atoms with Crippen molar-refractivity contribution < 1.29 is 4.79 Å². The van der Waals surface area contributed by atoms with Crippen molar-refractivity contribution >= 4 is 17.7 Å². The van der Waals surface area contributed by atoms with Crippen LogP contribution in [-0.4, -0.2) is 30.0 Å². The maximum atomic E-state index is 10.8. The zero-order valence-corrected chi connectivity index (χ0v) is 6.78. The molecule has 0 saturated carbocycles. The van der Waals surface area contributed by atoms with Gasteiger partial charge in [-0.2, -0.15) is 11.8 Å². The van der Waals surface area contributed by atoms with Crippen LogP contribution in [0.25, 0.3) is 0 Å². The quantitative estimate of drug-likeness (QED) is 0.547. The molecule has 1 rings (SSSR count). The fourth-order valence-corrected chi connectivity index (χ4v) is 1.65. The van der Waals surface area contributed by atoms with Crippen LogP contribution < -0.4 is 11.1 Å². The molecule has 0 aromatic heterocycles. The van der Waals surface area contributed by atoms with Gasteiger partial charge in [-0.25, -0.2) is 0 Å². The van der Waals surface area contributed by atoms with Gasteiger partial charge in [-0.05, 0) is 12.7 Å². The summed E-state index contributed by atoms with van der Waals surface area (Å²) in [6.07, 6.45) is 2.85. The second-order valence-electron chi connectivity index (χ2n) is 2.45. The van der Waals surface area contributed by atoms with Crippen LogP contribution in [0.1, 0.15) is 6.42 Å². The number of nitrogens with one attached hydrogen (secondary N) is 1. The van der Waals surface area contributed by atoms with E-state index in [0.29, 0.717) is 5.25 Å². The normalized spacial score (nSPS) is 33.6. The Labute approximate surface area is 64.7 Å². The van der Waals surface area contributed by atoms with Crippen LogP contribution in [0.2, 0.25) is 0 Å². The lowest BCUT2D eigenvalue weighted by molar-refractivity contribution is -0.123. The Morgan fingerprint density at radius 2 is 2.50 bits per heavy atom. The SMILES string of the molecule is CSC1CNC(=O)C(N)C1. The number of carbonyl (C=O) groups excluding carboxylic acids is 1. The molecule has 58 valence electrons. The second-order valence-corrected chi connectivity index (χ2v) is 3.58. The summed E-state index contributed by atoms with van der Waals surface area (Å²) in [5.41, 5.74) is 5.52. The highest BCUT2D eigenvalue weighted by molar-refractivity contribution is 7.99. The van der Waals surface area contributed by atoms with Gasteiger partial charge in [0.15, 0.2) is 0 Å². The number of hydrogen-bond donors (Lipinski definition) is 2. The number of thioether (sulfide) groups is 1. The molecule has 0 aromatic rings. The van der Waals surface area contributed by atoms with Crippen molar-refractivity contribution in [3.8, 4) is 0 Å². The summed E-state index contributed by atoms with van der Waals surface area (Å²) in [5.74, 6) is -0.00898. The topological polar surface area (TPSA) is 55.1 Å². The lowest BCUT2D eigenvalue weighted by Gasteiger charge is -2.25. The number of nitrogens with two attached hydrogens (primary N) is 1. The van der Waals surface area contributed by atoms with Crippen molar-refractivity contribution in [1.82, 2.24) is 5.32 Å². The number of piperidine rings is 1. The van der Waals surface area contributed by atoms with Gasteiger partial charge in [-0.3, -0.25) is 4.79 Å². The van der Waals surface area contributed by atoms with Gasteiger partial charge in [0.25, 0.3) is 0 Å². The van der Waals surface area contributed by atoms with Crippen molar-refractivity contribution in [1.29, 1.82) is 0 Å². The third-order valence-electron chi connectivity index (χ3n) is 1.69. The van der Waals surface area contributed by atoms with Crippen LogP contribution in [0, 0.1) is 0 Å². The fraction of sp³-hybridized carbons (Fsp3) is 0.833. The minimum atomic E-state index is -0.286. The van der Waals surface area contributed by atoms with Crippen molar-refractivity contribution in [3.63, 3.8) is 0 Å². The standard InChI is InChI=1S/C6H12N2OS/c1-10-4-2-5(7)6(9)8-3-4/h4-5H,2-3,7H2,1H3,(H,8,9).